The number of aryl methyl sites for hydroxylation is 1. The van der Waals surface area contributed by atoms with Crippen molar-refractivity contribution in [1.29, 1.82) is 0 Å². The molecule has 1 aliphatic rings. The summed E-state index contributed by atoms with van der Waals surface area (Å²) in [6, 6.07) is 0.166. The fourth-order valence-corrected chi connectivity index (χ4v) is 3.07. The summed E-state index contributed by atoms with van der Waals surface area (Å²) in [5, 5.41) is 4.31. The van der Waals surface area contributed by atoms with Crippen molar-refractivity contribution in [2.45, 2.75) is 39.2 Å². The Morgan fingerprint density at radius 3 is 3.05 bits per heavy atom. The molecule has 1 aliphatic carbocycles. The summed E-state index contributed by atoms with van der Waals surface area (Å²) < 4.78 is 0. The number of aromatic amines is 1. The number of fused-ring (bicyclic) bond motifs is 3. The van der Waals surface area contributed by atoms with Gasteiger partial charge in [0, 0.05) is 17.7 Å². The Morgan fingerprint density at radius 2 is 2.30 bits per heavy atom. The van der Waals surface area contributed by atoms with E-state index in [1.54, 1.807) is 0 Å². The molecule has 2 aromatic heterocycles. The van der Waals surface area contributed by atoms with E-state index in [9.17, 15) is 4.79 Å². The van der Waals surface area contributed by atoms with Gasteiger partial charge in [0.1, 0.15) is 17.1 Å². The standard InChI is InChI=1S/C14H17ClN4O/c1-7(2)18-14(20)8-3-4-10-9(5-8)11-12(15)16-6-17-13(11)19-10/h6-8H,3-5H2,1-2H3,(H,18,20)(H,16,17,19)/t8-/m0/s1. The zero-order valence-corrected chi connectivity index (χ0v) is 12.3. The van der Waals surface area contributed by atoms with Crippen molar-refractivity contribution < 1.29 is 4.79 Å². The van der Waals surface area contributed by atoms with E-state index in [-0.39, 0.29) is 17.9 Å². The van der Waals surface area contributed by atoms with Gasteiger partial charge in [0.2, 0.25) is 5.91 Å². The molecule has 106 valence electrons. The predicted molar refractivity (Wildman–Crippen MR) is 77.7 cm³/mol. The molecule has 0 saturated carbocycles. The van der Waals surface area contributed by atoms with Crippen LogP contribution in [0.3, 0.4) is 0 Å². The zero-order valence-electron chi connectivity index (χ0n) is 11.5. The number of amides is 1. The van der Waals surface area contributed by atoms with Gasteiger partial charge in [-0.05, 0) is 38.7 Å². The average molecular weight is 293 g/mol. The van der Waals surface area contributed by atoms with Crippen molar-refractivity contribution >= 4 is 28.5 Å². The Labute approximate surface area is 122 Å². The summed E-state index contributed by atoms with van der Waals surface area (Å²) in [6.45, 7) is 3.95. The second kappa shape index (κ2) is 5.05. The number of aromatic nitrogens is 3. The van der Waals surface area contributed by atoms with E-state index in [1.165, 1.54) is 6.33 Å². The second-order valence-corrected chi connectivity index (χ2v) is 5.93. The van der Waals surface area contributed by atoms with Crippen molar-refractivity contribution in [3.63, 3.8) is 0 Å². The summed E-state index contributed by atoms with van der Waals surface area (Å²) in [5.74, 6) is 0.119. The van der Waals surface area contributed by atoms with Crippen LogP contribution in [0.4, 0.5) is 0 Å². The number of rotatable bonds is 2. The summed E-state index contributed by atoms with van der Waals surface area (Å²) in [6.07, 6.45) is 3.85. The van der Waals surface area contributed by atoms with Gasteiger partial charge in [0.15, 0.2) is 0 Å². The first kappa shape index (κ1) is 13.4. The van der Waals surface area contributed by atoms with Crippen LogP contribution in [0.15, 0.2) is 6.33 Å². The van der Waals surface area contributed by atoms with Crippen molar-refractivity contribution in [1.82, 2.24) is 20.3 Å². The van der Waals surface area contributed by atoms with Crippen LogP contribution in [-0.2, 0) is 17.6 Å². The molecule has 0 bridgehead atoms. The van der Waals surface area contributed by atoms with E-state index >= 15 is 0 Å². The van der Waals surface area contributed by atoms with Crippen molar-refractivity contribution in [3.05, 3.63) is 22.7 Å². The van der Waals surface area contributed by atoms with Gasteiger partial charge in [-0.3, -0.25) is 4.79 Å². The van der Waals surface area contributed by atoms with Crippen molar-refractivity contribution in [3.8, 4) is 0 Å². The molecule has 1 atom stereocenters. The Kier molecular flexibility index (Phi) is 3.38. The van der Waals surface area contributed by atoms with Gasteiger partial charge in [-0.15, -0.1) is 0 Å². The third-order valence-electron chi connectivity index (χ3n) is 3.73. The van der Waals surface area contributed by atoms with Gasteiger partial charge in [0.25, 0.3) is 0 Å². The second-order valence-electron chi connectivity index (χ2n) is 5.57. The molecular weight excluding hydrogens is 276 g/mol. The molecule has 3 rings (SSSR count). The number of H-pyrrole nitrogens is 1. The Balaban J connectivity index is 1.94. The van der Waals surface area contributed by atoms with Crippen LogP contribution in [-0.4, -0.2) is 26.9 Å². The third kappa shape index (κ3) is 2.26. The Bertz CT molecular complexity index is 664. The third-order valence-corrected chi connectivity index (χ3v) is 4.02. The zero-order chi connectivity index (χ0) is 14.3. The van der Waals surface area contributed by atoms with Gasteiger partial charge < -0.3 is 10.3 Å². The van der Waals surface area contributed by atoms with Crippen LogP contribution in [0.25, 0.3) is 11.0 Å². The minimum absolute atomic E-state index is 0.000160. The molecule has 2 N–H and O–H groups in total. The SMILES string of the molecule is CC(C)NC(=O)[C@H]1CCc2[nH]c3ncnc(Cl)c3c2C1. The highest BCUT2D eigenvalue weighted by molar-refractivity contribution is 6.34. The van der Waals surface area contributed by atoms with Crippen LogP contribution < -0.4 is 5.32 Å². The number of nitrogens with one attached hydrogen (secondary N) is 2. The molecule has 1 amide bonds. The molecule has 2 aromatic rings. The van der Waals surface area contributed by atoms with E-state index in [1.807, 2.05) is 13.8 Å². The molecular formula is C14H17ClN4O. The molecule has 0 aromatic carbocycles. The number of hydrogen-bond acceptors (Lipinski definition) is 3. The molecule has 0 fully saturated rings. The van der Waals surface area contributed by atoms with E-state index < -0.39 is 0 Å². The Hall–Kier alpha value is -1.62. The lowest BCUT2D eigenvalue weighted by Crippen LogP contribution is -2.37. The van der Waals surface area contributed by atoms with E-state index in [2.05, 4.69) is 20.3 Å². The molecule has 20 heavy (non-hydrogen) atoms. The lowest BCUT2D eigenvalue weighted by Gasteiger charge is -2.22. The van der Waals surface area contributed by atoms with Gasteiger partial charge in [-0.25, -0.2) is 9.97 Å². The molecule has 0 spiro atoms. The van der Waals surface area contributed by atoms with Gasteiger partial charge in [-0.1, -0.05) is 11.6 Å². The lowest BCUT2D eigenvalue weighted by molar-refractivity contribution is -0.125. The monoisotopic (exact) mass is 292 g/mol. The van der Waals surface area contributed by atoms with Gasteiger partial charge in [-0.2, -0.15) is 0 Å². The molecule has 0 unspecified atom stereocenters. The first-order valence-electron chi connectivity index (χ1n) is 6.86. The summed E-state index contributed by atoms with van der Waals surface area (Å²) >= 11 is 6.18. The smallest absolute Gasteiger partial charge is 0.223 e. The predicted octanol–water partition coefficient (Wildman–Crippen LogP) is 2.24. The lowest BCUT2D eigenvalue weighted by atomic mass is 9.86. The van der Waals surface area contributed by atoms with E-state index in [0.29, 0.717) is 11.6 Å². The normalized spacial score (nSPS) is 18.3. The summed E-state index contributed by atoms with van der Waals surface area (Å²) in [4.78, 5) is 23.7. The molecule has 0 saturated heterocycles. The molecule has 5 nitrogen and oxygen atoms in total. The first-order valence-corrected chi connectivity index (χ1v) is 7.24. The quantitative estimate of drug-likeness (QED) is 0.834. The first-order chi connectivity index (χ1) is 9.56. The highest BCUT2D eigenvalue weighted by Gasteiger charge is 2.28. The van der Waals surface area contributed by atoms with E-state index in [4.69, 9.17) is 11.6 Å². The Morgan fingerprint density at radius 1 is 1.50 bits per heavy atom. The fourth-order valence-electron chi connectivity index (χ4n) is 2.83. The largest absolute Gasteiger partial charge is 0.354 e. The molecule has 0 radical (unpaired) electrons. The summed E-state index contributed by atoms with van der Waals surface area (Å²) in [5.41, 5.74) is 3.00. The van der Waals surface area contributed by atoms with Gasteiger partial charge in [0.05, 0.1) is 5.39 Å². The van der Waals surface area contributed by atoms with Crippen molar-refractivity contribution in [2.24, 2.45) is 5.92 Å². The number of nitrogens with zero attached hydrogens (tertiary/aromatic N) is 2. The number of carbonyl (C=O) groups excluding carboxylic acids is 1. The van der Waals surface area contributed by atoms with Crippen LogP contribution in [0, 0.1) is 5.92 Å². The van der Waals surface area contributed by atoms with Crippen LogP contribution >= 0.6 is 11.6 Å². The number of hydrogen-bond donors (Lipinski definition) is 2. The molecule has 2 heterocycles. The minimum Gasteiger partial charge on any atom is -0.354 e. The number of halogens is 1. The highest BCUT2D eigenvalue weighted by atomic mass is 35.5. The van der Waals surface area contributed by atoms with Crippen LogP contribution in [0.5, 0.6) is 0 Å². The van der Waals surface area contributed by atoms with Crippen LogP contribution in [0.2, 0.25) is 5.15 Å². The topological polar surface area (TPSA) is 70.7 Å². The molecule has 6 heteroatoms. The maximum Gasteiger partial charge on any atom is 0.223 e. The van der Waals surface area contributed by atoms with Crippen LogP contribution in [0.1, 0.15) is 31.5 Å². The highest BCUT2D eigenvalue weighted by Crippen LogP contribution is 2.33. The maximum absolute atomic E-state index is 12.2. The van der Waals surface area contributed by atoms with E-state index in [0.717, 1.165) is 35.1 Å². The minimum atomic E-state index is 0.000160. The average Bonchev–Trinajstić information content (AvgIpc) is 2.76. The maximum atomic E-state index is 12.2. The fraction of sp³-hybridized carbons (Fsp3) is 0.500. The van der Waals surface area contributed by atoms with Crippen molar-refractivity contribution in [2.75, 3.05) is 0 Å². The molecule has 0 aliphatic heterocycles. The summed E-state index contributed by atoms with van der Waals surface area (Å²) in [7, 11) is 0. The number of carbonyl (C=O) groups is 1. The van der Waals surface area contributed by atoms with Gasteiger partial charge >= 0.3 is 0 Å².